The molecule has 3 nitrogen and oxygen atoms in total. The van der Waals surface area contributed by atoms with E-state index in [0.717, 1.165) is 38.8 Å². The lowest BCUT2D eigenvalue weighted by Gasteiger charge is -2.37. The van der Waals surface area contributed by atoms with Crippen LogP contribution in [0.3, 0.4) is 0 Å². The number of hydrogen-bond donors (Lipinski definition) is 0. The highest BCUT2D eigenvalue weighted by molar-refractivity contribution is 5.91. The van der Waals surface area contributed by atoms with Crippen molar-refractivity contribution in [2.75, 3.05) is 13.1 Å². The second kappa shape index (κ2) is 5.90. The number of likely N-dealkylation sites (tertiary alicyclic amines) is 1. The molecule has 1 aromatic rings. The topological polar surface area (TPSA) is 29.5 Å². The van der Waals surface area contributed by atoms with Crippen LogP contribution in [-0.4, -0.2) is 36.1 Å². The van der Waals surface area contributed by atoms with E-state index < -0.39 is 5.41 Å². The van der Waals surface area contributed by atoms with Crippen molar-refractivity contribution in [2.45, 2.75) is 62.6 Å². The Bertz CT molecular complexity index is 587. The van der Waals surface area contributed by atoms with E-state index in [1.165, 1.54) is 25.3 Å². The highest BCUT2D eigenvalue weighted by atomic mass is 19.1. The van der Waals surface area contributed by atoms with Crippen LogP contribution < -0.4 is 0 Å². The minimum absolute atomic E-state index is 0.115. The SMILES string of the molecule is O=C(N1CCC(OC2CCC2)CC1)C1(c2ccccc2F)CC1. The molecule has 3 fully saturated rings. The minimum atomic E-state index is -0.590. The molecule has 0 atom stereocenters. The number of nitrogens with zero attached hydrogens (tertiary/aromatic N) is 1. The van der Waals surface area contributed by atoms with Crippen LogP contribution in [-0.2, 0) is 14.9 Å². The number of carbonyl (C=O) groups excluding carboxylic acids is 1. The van der Waals surface area contributed by atoms with Gasteiger partial charge in [0.05, 0.1) is 17.6 Å². The van der Waals surface area contributed by atoms with Crippen LogP contribution in [0.5, 0.6) is 0 Å². The summed E-state index contributed by atoms with van der Waals surface area (Å²) in [5.41, 5.74) is -0.00893. The first-order chi connectivity index (χ1) is 11.2. The second-order valence-corrected chi connectivity index (χ2v) is 7.24. The average Bonchev–Trinajstić information content (AvgIpc) is 3.33. The molecule has 0 N–H and O–H groups in total. The standard InChI is InChI=1S/C19H24FNO2/c20-17-7-2-1-6-16(17)19(10-11-19)18(22)21-12-8-15(9-13-21)23-14-4-3-5-14/h1-2,6-7,14-15H,3-5,8-13H2. The van der Waals surface area contributed by atoms with Crippen molar-refractivity contribution < 1.29 is 13.9 Å². The molecule has 1 heterocycles. The summed E-state index contributed by atoms with van der Waals surface area (Å²) in [5, 5.41) is 0. The van der Waals surface area contributed by atoms with Crippen LogP contribution >= 0.6 is 0 Å². The minimum Gasteiger partial charge on any atom is -0.375 e. The van der Waals surface area contributed by atoms with Gasteiger partial charge in [-0.15, -0.1) is 0 Å². The summed E-state index contributed by atoms with van der Waals surface area (Å²) in [6, 6.07) is 6.74. The fourth-order valence-corrected chi connectivity index (χ4v) is 3.85. The van der Waals surface area contributed by atoms with Gasteiger partial charge in [0, 0.05) is 18.7 Å². The normalized spacial score (nSPS) is 24.3. The zero-order valence-corrected chi connectivity index (χ0v) is 13.5. The van der Waals surface area contributed by atoms with E-state index in [1.807, 2.05) is 11.0 Å². The van der Waals surface area contributed by atoms with Crippen molar-refractivity contribution in [3.8, 4) is 0 Å². The summed E-state index contributed by atoms with van der Waals surface area (Å²) < 4.78 is 20.2. The van der Waals surface area contributed by atoms with E-state index >= 15 is 0 Å². The molecule has 4 rings (SSSR count). The molecular formula is C19H24FNO2. The fourth-order valence-electron chi connectivity index (χ4n) is 3.85. The Morgan fingerprint density at radius 3 is 2.30 bits per heavy atom. The number of ether oxygens (including phenoxy) is 1. The first kappa shape index (κ1) is 15.1. The van der Waals surface area contributed by atoms with Crippen LogP contribution in [0.1, 0.15) is 50.5 Å². The van der Waals surface area contributed by atoms with Crippen molar-refractivity contribution in [3.05, 3.63) is 35.6 Å². The first-order valence-electron chi connectivity index (χ1n) is 8.89. The molecule has 4 heteroatoms. The molecule has 0 spiro atoms. The molecule has 1 aliphatic heterocycles. The van der Waals surface area contributed by atoms with Crippen LogP contribution in [0.25, 0.3) is 0 Å². The van der Waals surface area contributed by atoms with Crippen molar-refractivity contribution >= 4 is 5.91 Å². The van der Waals surface area contributed by atoms with Gasteiger partial charge in [-0.25, -0.2) is 4.39 Å². The highest BCUT2D eigenvalue weighted by Crippen LogP contribution is 2.50. The summed E-state index contributed by atoms with van der Waals surface area (Å²) in [6.07, 6.45) is 7.78. The van der Waals surface area contributed by atoms with Crippen molar-refractivity contribution in [1.82, 2.24) is 4.90 Å². The molecule has 2 aliphatic carbocycles. The Hall–Kier alpha value is -1.42. The molecule has 0 unspecified atom stereocenters. The Kier molecular flexibility index (Phi) is 3.88. The van der Waals surface area contributed by atoms with Crippen molar-refractivity contribution in [1.29, 1.82) is 0 Å². The lowest BCUT2D eigenvalue weighted by atomic mass is 9.92. The predicted octanol–water partition coefficient (Wildman–Crippen LogP) is 3.42. The molecule has 1 amide bonds. The summed E-state index contributed by atoms with van der Waals surface area (Å²) in [4.78, 5) is 14.9. The molecular weight excluding hydrogens is 293 g/mol. The summed E-state index contributed by atoms with van der Waals surface area (Å²) in [6.45, 7) is 1.48. The molecule has 0 bridgehead atoms. The molecule has 0 aromatic heterocycles. The second-order valence-electron chi connectivity index (χ2n) is 7.24. The number of benzene rings is 1. The number of rotatable bonds is 4. The van der Waals surface area contributed by atoms with Crippen LogP contribution in [0.4, 0.5) is 4.39 Å². The number of piperidine rings is 1. The monoisotopic (exact) mass is 317 g/mol. The van der Waals surface area contributed by atoms with E-state index in [9.17, 15) is 9.18 Å². The highest BCUT2D eigenvalue weighted by Gasteiger charge is 2.54. The Morgan fingerprint density at radius 2 is 1.74 bits per heavy atom. The Morgan fingerprint density at radius 1 is 1.09 bits per heavy atom. The summed E-state index contributed by atoms with van der Waals surface area (Å²) in [7, 11) is 0. The number of carbonyl (C=O) groups is 1. The number of amides is 1. The first-order valence-corrected chi connectivity index (χ1v) is 8.89. The van der Waals surface area contributed by atoms with Crippen LogP contribution in [0, 0.1) is 5.82 Å². The molecule has 0 radical (unpaired) electrons. The van der Waals surface area contributed by atoms with Gasteiger partial charge < -0.3 is 9.64 Å². The van der Waals surface area contributed by atoms with Gasteiger partial charge in [0.15, 0.2) is 0 Å². The van der Waals surface area contributed by atoms with Crippen LogP contribution in [0.2, 0.25) is 0 Å². The van der Waals surface area contributed by atoms with E-state index in [0.29, 0.717) is 17.8 Å². The third kappa shape index (κ3) is 2.78. The van der Waals surface area contributed by atoms with E-state index in [-0.39, 0.29) is 11.7 Å². The third-order valence-electron chi connectivity index (χ3n) is 5.72. The molecule has 23 heavy (non-hydrogen) atoms. The molecule has 3 aliphatic rings. The van der Waals surface area contributed by atoms with Gasteiger partial charge >= 0.3 is 0 Å². The number of halogens is 1. The molecule has 1 aromatic carbocycles. The average molecular weight is 317 g/mol. The van der Waals surface area contributed by atoms with Crippen LogP contribution in [0.15, 0.2) is 24.3 Å². The maximum atomic E-state index is 14.1. The molecule has 1 saturated heterocycles. The quantitative estimate of drug-likeness (QED) is 0.851. The predicted molar refractivity (Wildman–Crippen MR) is 85.6 cm³/mol. The largest absolute Gasteiger partial charge is 0.375 e. The van der Waals surface area contributed by atoms with E-state index in [1.54, 1.807) is 12.1 Å². The maximum absolute atomic E-state index is 14.1. The van der Waals surface area contributed by atoms with Gasteiger partial charge in [-0.05, 0) is 51.0 Å². The van der Waals surface area contributed by atoms with Crippen molar-refractivity contribution in [3.63, 3.8) is 0 Å². The summed E-state index contributed by atoms with van der Waals surface area (Å²) in [5.74, 6) is -0.133. The Labute approximate surface area is 136 Å². The van der Waals surface area contributed by atoms with Gasteiger partial charge in [0.25, 0.3) is 0 Å². The van der Waals surface area contributed by atoms with Gasteiger partial charge in [-0.1, -0.05) is 18.2 Å². The van der Waals surface area contributed by atoms with Gasteiger partial charge in [-0.2, -0.15) is 0 Å². The third-order valence-corrected chi connectivity index (χ3v) is 5.72. The summed E-state index contributed by atoms with van der Waals surface area (Å²) >= 11 is 0. The van der Waals surface area contributed by atoms with E-state index in [2.05, 4.69) is 0 Å². The lowest BCUT2D eigenvalue weighted by molar-refractivity contribution is -0.138. The van der Waals surface area contributed by atoms with Gasteiger partial charge in [0.1, 0.15) is 5.82 Å². The fraction of sp³-hybridized carbons (Fsp3) is 0.632. The number of hydrogen-bond acceptors (Lipinski definition) is 2. The smallest absolute Gasteiger partial charge is 0.233 e. The zero-order valence-electron chi connectivity index (χ0n) is 13.5. The zero-order chi connectivity index (χ0) is 15.9. The van der Waals surface area contributed by atoms with Gasteiger partial charge in [-0.3, -0.25) is 4.79 Å². The Balaban J connectivity index is 1.39. The van der Waals surface area contributed by atoms with Gasteiger partial charge in [0.2, 0.25) is 5.91 Å². The maximum Gasteiger partial charge on any atom is 0.233 e. The molecule has 124 valence electrons. The lowest BCUT2D eigenvalue weighted by Crippen LogP contribution is -2.46. The van der Waals surface area contributed by atoms with Crippen molar-refractivity contribution in [2.24, 2.45) is 0 Å². The molecule has 2 saturated carbocycles. The van der Waals surface area contributed by atoms with E-state index in [4.69, 9.17) is 4.74 Å².